The van der Waals surface area contributed by atoms with E-state index < -0.39 is 27.8 Å². The van der Waals surface area contributed by atoms with E-state index in [1.807, 2.05) is 0 Å². The van der Waals surface area contributed by atoms with E-state index in [1.165, 1.54) is 47.7 Å². The zero-order valence-corrected chi connectivity index (χ0v) is 20.9. The van der Waals surface area contributed by atoms with E-state index >= 15 is 0 Å². The van der Waals surface area contributed by atoms with Gasteiger partial charge in [0.15, 0.2) is 0 Å². The van der Waals surface area contributed by atoms with Gasteiger partial charge in [0, 0.05) is 32.3 Å². The molecule has 2 aliphatic rings. The van der Waals surface area contributed by atoms with Gasteiger partial charge in [-0.1, -0.05) is 12.1 Å². The van der Waals surface area contributed by atoms with E-state index in [9.17, 15) is 23.1 Å². The minimum atomic E-state index is -3.72. The molecule has 36 heavy (non-hydrogen) atoms. The first kappa shape index (κ1) is 25.8. The van der Waals surface area contributed by atoms with Crippen molar-refractivity contribution in [1.29, 1.82) is 0 Å². The number of morpholine rings is 1. The highest BCUT2D eigenvalue weighted by Gasteiger charge is 2.45. The molecule has 0 saturated carbocycles. The number of carbonyl (C=O) groups is 2. The van der Waals surface area contributed by atoms with Crippen molar-refractivity contribution in [3.63, 3.8) is 0 Å². The zero-order chi connectivity index (χ0) is 25.9. The SMILES string of the molecule is COCCN1C(=O)C(=O)C(=C(O)c2ccc(S(=O)(=O)N3CCOCC3)cc2)C1c1ccc(OC)cc1. The number of ether oxygens (including phenoxy) is 3. The molecular weight excluding hydrogens is 488 g/mol. The number of Topliss-reactive ketones (excluding diaryl/α,β-unsaturated/α-hetero) is 1. The first-order valence-electron chi connectivity index (χ1n) is 11.4. The van der Waals surface area contributed by atoms with Crippen LogP contribution in [0.25, 0.3) is 5.76 Å². The Morgan fingerprint density at radius 1 is 1.03 bits per heavy atom. The van der Waals surface area contributed by atoms with Crippen LogP contribution < -0.4 is 4.74 Å². The number of carbonyl (C=O) groups excluding carboxylic acids is 2. The molecule has 1 N–H and O–H groups in total. The average Bonchev–Trinajstić information content (AvgIpc) is 3.17. The molecule has 1 amide bonds. The fourth-order valence-electron chi connectivity index (χ4n) is 4.31. The summed E-state index contributed by atoms with van der Waals surface area (Å²) in [4.78, 5) is 27.3. The summed E-state index contributed by atoms with van der Waals surface area (Å²) in [6, 6.07) is 11.6. The molecule has 11 heteroatoms. The van der Waals surface area contributed by atoms with Crippen LogP contribution in [-0.2, 0) is 29.1 Å². The van der Waals surface area contributed by atoms with Crippen LogP contribution in [0.3, 0.4) is 0 Å². The standard InChI is InChI=1S/C25H28N2O8S/c1-33-14-13-27-22(17-3-7-19(34-2)8-4-17)21(24(29)25(27)30)23(28)18-5-9-20(10-6-18)36(31,32)26-11-15-35-16-12-26/h3-10,22,28H,11-16H2,1-2H3. The molecule has 2 fully saturated rings. The average molecular weight is 517 g/mol. The van der Waals surface area contributed by atoms with Gasteiger partial charge in [-0.15, -0.1) is 0 Å². The van der Waals surface area contributed by atoms with Crippen LogP contribution in [0.4, 0.5) is 0 Å². The summed E-state index contributed by atoms with van der Waals surface area (Å²) < 4.78 is 42.7. The molecule has 192 valence electrons. The predicted octanol–water partition coefficient (Wildman–Crippen LogP) is 1.78. The van der Waals surface area contributed by atoms with Gasteiger partial charge in [-0.05, 0) is 42.0 Å². The number of benzene rings is 2. The van der Waals surface area contributed by atoms with Crippen molar-refractivity contribution in [2.45, 2.75) is 10.9 Å². The van der Waals surface area contributed by atoms with Gasteiger partial charge >= 0.3 is 0 Å². The highest BCUT2D eigenvalue weighted by molar-refractivity contribution is 7.89. The van der Waals surface area contributed by atoms with Gasteiger partial charge in [0.1, 0.15) is 11.5 Å². The molecular formula is C25H28N2O8S. The van der Waals surface area contributed by atoms with Gasteiger partial charge < -0.3 is 24.2 Å². The Bertz CT molecular complexity index is 1250. The van der Waals surface area contributed by atoms with Crippen molar-refractivity contribution in [1.82, 2.24) is 9.21 Å². The summed E-state index contributed by atoms with van der Waals surface area (Å²) in [5, 5.41) is 11.2. The van der Waals surface area contributed by atoms with Crippen LogP contribution in [0.15, 0.2) is 59.0 Å². The third kappa shape index (κ3) is 4.87. The molecule has 2 heterocycles. The Kier molecular flexibility index (Phi) is 7.74. The Morgan fingerprint density at radius 2 is 1.67 bits per heavy atom. The highest BCUT2D eigenvalue weighted by Crippen LogP contribution is 2.39. The van der Waals surface area contributed by atoms with E-state index in [0.29, 0.717) is 24.5 Å². The fraction of sp³-hybridized carbons (Fsp3) is 0.360. The molecule has 10 nitrogen and oxygen atoms in total. The predicted molar refractivity (Wildman–Crippen MR) is 130 cm³/mol. The van der Waals surface area contributed by atoms with Gasteiger partial charge in [0.25, 0.3) is 11.7 Å². The van der Waals surface area contributed by atoms with Crippen molar-refractivity contribution in [2.75, 3.05) is 53.7 Å². The summed E-state index contributed by atoms with van der Waals surface area (Å²) in [6.45, 7) is 1.52. The number of likely N-dealkylation sites (tertiary alicyclic amines) is 1. The largest absolute Gasteiger partial charge is 0.507 e. The molecule has 0 radical (unpaired) electrons. The van der Waals surface area contributed by atoms with Crippen molar-refractivity contribution in [3.8, 4) is 5.75 Å². The number of aliphatic hydroxyl groups excluding tert-OH is 1. The third-order valence-corrected chi connectivity index (χ3v) is 8.16. The normalized spacial score (nSPS) is 20.6. The Morgan fingerprint density at radius 3 is 2.25 bits per heavy atom. The maximum atomic E-state index is 13.0. The second kappa shape index (κ2) is 10.8. The molecule has 2 aromatic carbocycles. The summed E-state index contributed by atoms with van der Waals surface area (Å²) in [5.74, 6) is -1.36. The third-order valence-electron chi connectivity index (χ3n) is 6.24. The quantitative estimate of drug-likeness (QED) is 0.320. The lowest BCUT2D eigenvalue weighted by Gasteiger charge is -2.26. The second-order valence-corrected chi connectivity index (χ2v) is 10.2. The lowest BCUT2D eigenvalue weighted by Crippen LogP contribution is -2.40. The molecule has 2 saturated heterocycles. The topological polar surface area (TPSA) is 123 Å². The molecule has 4 rings (SSSR count). The number of amides is 1. The summed E-state index contributed by atoms with van der Waals surface area (Å²) in [7, 11) is -0.700. The van der Waals surface area contributed by atoms with Crippen molar-refractivity contribution >= 4 is 27.5 Å². The maximum Gasteiger partial charge on any atom is 0.295 e. The smallest absolute Gasteiger partial charge is 0.295 e. The number of methoxy groups -OCH3 is 2. The number of nitrogens with zero attached hydrogens (tertiary/aromatic N) is 2. The molecule has 1 unspecified atom stereocenters. The summed E-state index contributed by atoms with van der Waals surface area (Å²) >= 11 is 0. The number of ketones is 1. The van der Waals surface area contributed by atoms with E-state index in [-0.39, 0.29) is 48.0 Å². The summed E-state index contributed by atoms with van der Waals surface area (Å²) in [6.07, 6.45) is 0. The van der Waals surface area contributed by atoms with Crippen LogP contribution in [0.5, 0.6) is 5.75 Å². The Hall–Kier alpha value is -3.25. The number of aliphatic hydroxyl groups is 1. The fourth-order valence-corrected chi connectivity index (χ4v) is 5.72. The molecule has 0 bridgehead atoms. The van der Waals surface area contributed by atoms with Crippen LogP contribution in [0, 0.1) is 0 Å². The number of rotatable bonds is 8. The molecule has 2 aliphatic heterocycles. The van der Waals surface area contributed by atoms with Gasteiger partial charge in [0.05, 0.1) is 43.4 Å². The number of hydrogen-bond donors (Lipinski definition) is 1. The maximum absolute atomic E-state index is 13.0. The van der Waals surface area contributed by atoms with Crippen LogP contribution in [0.2, 0.25) is 0 Å². The van der Waals surface area contributed by atoms with E-state index in [2.05, 4.69) is 0 Å². The van der Waals surface area contributed by atoms with Crippen molar-refractivity contribution < 1.29 is 37.3 Å². The van der Waals surface area contributed by atoms with Gasteiger partial charge in [0.2, 0.25) is 10.0 Å². The van der Waals surface area contributed by atoms with Gasteiger partial charge in [-0.2, -0.15) is 4.31 Å². The molecule has 0 aromatic heterocycles. The Labute approximate surface area is 209 Å². The van der Waals surface area contributed by atoms with E-state index in [4.69, 9.17) is 14.2 Å². The first-order chi connectivity index (χ1) is 17.3. The van der Waals surface area contributed by atoms with Gasteiger partial charge in [-0.3, -0.25) is 9.59 Å². The zero-order valence-electron chi connectivity index (χ0n) is 20.0. The Balaban J connectivity index is 1.73. The van der Waals surface area contributed by atoms with Crippen molar-refractivity contribution in [3.05, 3.63) is 65.2 Å². The lowest BCUT2D eigenvalue weighted by molar-refractivity contribution is -0.140. The lowest BCUT2D eigenvalue weighted by atomic mass is 9.95. The van der Waals surface area contributed by atoms with Gasteiger partial charge in [-0.25, -0.2) is 8.42 Å². The highest BCUT2D eigenvalue weighted by atomic mass is 32.2. The van der Waals surface area contributed by atoms with Crippen LogP contribution >= 0.6 is 0 Å². The minimum absolute atomic E-state index is 0.0631. The van der Waals surface area contributed by atoms with E-state index in [1.54, 1.807) is 24.3 Å². The molecule has 2 aromatic rings. The number of hydrogen-bond acceptors (Lipinski definition) is 8. The summed E-state index contributed by atoms with van der Waals surface area (Å²) in [5.41, 5.74) is 0.753. The monoisotopic (exact) mass is 516 g/mol. The number of sulfonamides is 1. The molecule has 0 aliphatic carbocycles. The minimum Gasteiger partial charge on any atom is -0.507 e. The van der Waals surface area contributed by atoms with Crippen LogP contribution in [-0.4, -0.2) is 88.1 Å². The first-order valence-corrected chi connectivity index (χ1v) is 12.8. The second-order valence-electron chi connectivity index (χ2n) is 8.30. The van der Waals surface area contributed by atoms with E-state index in [0.717, 1.165) is 0 Å². The van der Waals surface area contributed by atoms with Crippen molar-refractivity contribution in [2.24, 2.45) is 0 Å². The molecule has 1 atom stereocenters. The van der Waals surface area contributed by atoms with Crippen LogP contribution in [0.1, 0.15) is 17.2 Å². The molecule has 0 spiro atoms.